The predicted molar refractivity (Wildman–Crippen MR) is 77.1 cm³/mol. The average molecular weight is 299 g/mol. The third-order valence-corrected chi connectivity index (χ3v) is 3.07. The molecule has 0 spiro atoms. The van der Waals surface area contributed by atoms with E-state index in [4.69, 9.17) is 5.73 Å². The number of rotatable bonds is 8. The van der Waals surface area contributed by atoms with Gasteiger partial charge in [-0.2, -0.15) is 11.8 Å². The number of carbonyl (C=O) groups is 2. The number of likely N-dealkylation sites (N-methyl/N-ethyl adjacent to an activating group) is 1. The number of nitrogens with two attached hydrogens (primary N) is 1. The SMILES string of the molecule is COC(=O)CCCN(C)C(=O)[C@@H](N)CCSC.Cl. The molecular weight excluding hydrogens is 276 g/mol. The van der Waals surface area contributed by atoms with Gasteiger partial charge in [0.2, 0.25) is 5.91 Å². The molecule has 0 rings (SSSR count). The van der Waals surface area contributed by atoms with E-state index in [2.05, 4.69) is 4.74 Å². The number of ether oxygens (including phenoxy) is 1. The van der Waals surface area contributed by atoms with Crippen molar-refractivity contribution in [1.82, 2.24) is 4.90 Å². The number of carbonyl (C=O) groups excluding carboxylic acids is 2. The van der Waals surface area contributed by atoms with E-state index in [0.29, 0.717) is 25.8 Å². The van der Waals surface area contributed by atoms with Crippen molar-refractivity contribution in [3.63, 3.8) is 0 Å². The third kappa shape index (κ3) is 8.60. The first-order valence-corrected chi connectivity index (χ1v) is 6.98. The summed E-state index contributed by atoms with van der Waals surface area (Å²) in [7, 11) is 3.06. The Hall–Kier alpha value is -0.460. The summed E-state index contributed by atoms with van der Waals surface area (Å²) < 4.78 is 4.52. The molecule has 0 aliphatic carbocycles. The summed E-state index contributed by atoms with van der Waals surface area (Å²) in [6.07, 6.45) is 3.59. The first-order valence-electron chi connectivity index (χ1n) is 5.59. The number of esters is 1. The molecule has 5 nitrogen and oxygen atoms in total. The minimum absolute atomic E-state index is 0. The van der Waals surface area contributed by atoms with Crippen molar-refractivity contribution in [2.75, 3.05) is 32.7 Å². The second-order valence-corrected chi connectivity index (χ2v) is 4.81. The van der Waals surface area contributed by atoms with Gasteiger partial charge in [0.15, 0.2) is 0 Å². The second kappa shape index (κ2) is 11.6. The van der Waals surface area contributed by atoms with Crippen LogP contribution in [-0.4, -0.2) is 55.5 Å². The van der Waals surface area contributed by atoms with Gasteiger partial charge < -0.3 is 15.4 Å². The fourth-order valence-corrected chi connectivity index (χ4v) is 1.81. The Balaban J connectivity index is 0. The van der Waals surface area contributed by atoms with Crippen LogP contribution in [0.1, 0.15) is 19.3 Å². The smallest absolute Gasteiger partial charge is 0.305 e. The van der Waals surface area contributed by atoms with E-state index in [1.165, 1.54) is 7.11 Å². The van der Waals surface area contributed by atoms with Gasteiger partial charge in [0.25, 0.3) is 0 Å². The zero-order chi connectivity index (χ0) is 13.3. The Morgan fingerprint density at radius 2 is 2.06 bits per heavy atom. The molecule has 0 aromatic carbocycles. The quantitative estimate of drug-likeness (QED) is 0.674. The Morgan fingerprint density at radius 1 is 1.44 bits per heavy atom. The van der Waals surface area contributed by atoms with Crippen LogP contribution < -0.4 is 5.73 Å². The lowest BCUT2D eigenvalue weighted by Gasteiger charge is -2.20. The number of hydrogen-bond acceptors (Lipinski definition) is 5. The topological polar surface area (TPSA) is 72.6 Å². The van der Waals surface area contributed by atoms with Crippen LogP contribution in [0.5, 0.6) is 0 Å². The summed E-state index contributed by atoms with van der Waals surface area (Å²) in [6, 6.07) is -0.439. The standard InChI is InChI=1S/C11H22N2O3S.ClH/c1-13(7-4-5-10(14)16-2)11(15)9(12)6-8-17-3;/h9H,4-8,12H2,1-3H3;1H/t9-;/m0./s1. The van der Waals surface area contributed by atoms with E-state index in [1.807, 2.05) is 6.26 Å². The number of halogens is 1. The van der Waals surface area contributed by atoms with Gasteiger partial charge in [-0.1, -0.05) is 0 Å². The monoisotopic (exact) mass is 298 g/mol. The summed E-state index contributed by atoms with van der Waals surface area (Å²) in [5.41, 5.74) is 5.77. The van der Waals surface area contributed by atoms with Crippen molar-refractivity contribution in [2.45, 2.75) is 25.3 Å². The molecule has 0 saturated heterocycles. The molecule has 108 valence electrons. The van der Waals surface area contributed by atoms with Crippen molar-refractivity contribution in [3.05, 3.63) is 0 Å². The molecule has 0 fully saturated rings. The van der Waals surface area contributed by atoms with Crippen molar-refractivity contribution in [3.8, 4) is 0 Å². The molecule has 1 amide bonds. The summed E-state index contributed by atoms with van der Waals surface area (Å²) >= 11 is 1.67. The van der Waals surface area contributed by atoms with Gasteiger partial charge in [-0.3, -0.25) is 9.59 Å². The number of amides is 1. The molecule has 0 saturated carbocycles. The molecule has 0 radical (unpaired) electrons. The van der Waals surface area contributed by atoms with Gasteiger partial charge >= 0.3 is 5.97 Å². The Kier molecular flexibility index (Phi) is 12.8. The fraction of sp³-hybridized carbons (Fsp3) is 0.818. The number of thioether (sulfide) groups is 1. The maximum absolute atomic E-state index is 11.8. The second-order valence-electron chi connectivity index (χ2n) is 3.83. The molecule has 18 heavy (non-hydrogen) atoms. The first kappa shape index (κ1) is 19.9. The summed E-state index contributed by atoms with van der Waals surface area (Å²) in [6.45, 7) is 0.529. The summed E-state index contributed by atoms with van der Waals surface area (Å²) in [5, 5.41) is 0. The Labute approximate surface area is 119 Å². The lowest BCUT2D eigenvalue weighted by atomic mass is 10.2. The van der Waals surface area contributed by atoms with Crippen LogP contribution in [0.2, 0.25) is 0 Å². The average Bonchev–Trinajstić information content (AvgIpc) is 2.34. The zero-order valence-electron chi connectivity index (χ0n) is 11.2. The summed E-state index contributed by atoms with van der Waals surface area (Å²) in [5.74, 6) is 0.560. The first-order chi connectivity index (χ1) is 8.02. The largest absolute Gasteiger partial charge is 0.469 e. The molecule has 0 bridgehead atoms. The zero-order valence-corrected chi connectivity index (χ0v) is 12.8. The normalized spacial score (nSPS) is 11.3. The highest BCUT2D eigenvalue weighted by molar-refractivity contribution is 7.98. The molecular formula is C11H23ClN2O3S. The third-order valence-electron chi connectivity index (χ3n) is 2.43. The molecule has 0 aliphatic heterocycles. The van der Waals surface area contributed by atoms with Crippen LogP contribution in [-0.2, 0) is 14.3 Å². The minimum Gasteiger partial charge on any atom is -0.469 e. The van der Waals surface area contributed by atoms with Crippen molar-refractivity contribution < 1.29 is 14.3 Å². The number of methoxy groups -OCH3 is 1. The van der Waals surface area contributed by atoms with Gasteiger partial charge in [-0.05, 0) is 24.9 Å². The molecule has 0 unspecified atom stereocenters. The molecule has 7 heteroatoms. The van der Waals surface area contributed by atoms with Crippen LogP contribution in [0.15, 0.2) is 0 Å². The van der Waals surface area contributed by atoms with Crippen LogP contribution >= 0.6 is 24.2 Å². The van der Waals surface area contributed by atoms with E-state index >= 15 is 0 Å². The molecule has 0 aliphatic rings. The van der Waals surface area contributed by atoms with Crippen molar-refractivity contribution in [2.24, 2.45) is 5.73 Å². The van der Waals surface area contributed by atoms with Crippen LogP contribution in [0.25, 0.3) is 0 Å². The van der Waals surface area contributed by atoms with Crippen LogP contribution in [0.4, 0.5) is 0 Å². The van der Waals surface area contributed by atoms with E-state index in [-0.39, 0.29) is 24.3 Å². The van der Waals surface area contributed by atoms with Gasteiger partial charge in [0.1, 0.15) is 0 Å². The minimum atomic E-state index is -0.439. The van der Waals surface area contributed by atoms with Gasteiger partial charge in [0.05, 0.1) is 13.2 Å². The van der Waals surface area contributed by atoms with E-state index in [9.17, 15) is 9.59 Å². The van der Waals surface area contributed by atoms with Crippen molar-refractivity contribution >= 4 is 36.0 Å². The summed E-state index contributed by atoms with van der Waals surface area (Å²) in [4.78, 5) is 24.2. The lowest BCUT2D eigenvalue weighted by molar-refractivity contribution is -0.141. The number of hydrogen-bond donors (Lipinski definition) is 1. The van der Waals surface area contributed by atoms with E-state index in [1.54, 1.807) is 23.7 Å². The van der Waals surface area contributed by atoms with E-state index < -0.39 is 6.04 Å². The van der Waals surface area contributed by atoms with E-state index in [0.717, 1.165) is 5.75 Å². The molecule has 0 heterocycles. The maximum Gasteiger partial charge on any atom is 0.305 e. The van der Waals surface area contributed by atoms with Gasteiger partial charge in [-0.15, -0.1) is 12.4 Å². The molecule has 2 N–H and O–H groups in total. The highest BCUT2D eigenvalue weighted by Crippen LogP contribution is 2.03. The van der Waals surface area contributed by atoms with Gasteiger partial charge in [0, 0.05) is 20.0 Å². The maximum atomic E-state index is 11.8. The highest BCUT2D eigenvalue weighted by atomic mass is 35.5. The Morgan fingerprint density at radius 3 is 2.56 bits per heavy atom. The van der Waals surface area contributed by atoms with Crippen LogP contribution in [0, 0.1) is 0 Å². The number of nitrogens with zero attached hydrogens (tertiary/aromatic N) is 1. The van der Waals surface area contributed by atoms with Crippen LogP contribution in [0.3, 0.4) is 0 Å². The molecule has 0 aromatic rings. The highest BCUT2D eigenvalue weighted by Gasteiger charge is 2.17. The molecule has 1 atom stereocenters. The van der Waals surface area contributed by atoms with Gasteiger partial charge in [-0.25, -0.2) is 0 Å². The Bertz CT molecular complexity index is 254. The predicted octanol–water partition coefficient (Wildman–Crippen LogP) is 0.900. The lowest BCUT2D eigenvalue weighted by Crippen LogP contribution is -2.42. The molecule has 0 aromatic heterocycles. The fourth-order valence-electron chi connectivity index (χ4n) is 1.32. The van der Waals surface area contributed by atoms with Crippen molar-refractivity contribution in [1.29, 1.82) is 0 Å².